The van der Waals surface area contributed by atoms with E-state index in [1.54, 1.807) is 6.07 Å². The van der Waals surface area contributed by atoms with Crippen LogP contribution in [0.4, 0.5) is 0 Å². The van der Waals surface area contributed by atoms with Crippen molar-refractivity contribution >= 4 is 46.4 Å². The zero-order valence-corrected chi connectivity index (χ0v) is 16.4. The number of aryl methyl sites for hydroxylation is 1. The topological polar surface area (TPSA) is 17.8 Å². The molecular formula is C23H18Cl2N2. The van der Waals surface area contributed by atoms with Gasteiger partial charge in [-0.2, -0.15) is 0 Å². The van der Waals surface area contributed by atoms with Crippen LogP contribution in [0.2, 0.25) is 10.0 Å². The molecule has 27 heavy (non-hydrogen) atoms. The highest BCUT2D eigenvalue weighted by Gasteiger charge is 2.09. The van der Waals surface area contributed by atoms with Crippen LogP contribution in [0.1, 0.15) is 22.5 Å². The Morgan fingerprint density at radius 1 is 0.926 bits per heavy atom. The van der Waals surface area contributed by atoms with Crippen molar-refractivity contribution in [2.24, 2.45) is 0 Å². The molecule has 4 heteroatoms. The summed E-state index contributed by atoms with van der Waals surface area (Å²) in [6, 6.07) is 22.3. The minimum Gasteiger partial charge on any atom is -0.320 e. The number of aromatic nitrogens is 2. The minimum atomic E-state index is 0.625. The van der Waals surface area contributed by atoms with Gasteiger partial charge in [0.25, 0.3) is 0 Å². The van der Waals surface area contributed by atoms with Crippen molar-refractivity contribution in [2.75, 3.05) is 0 Å². The Labute approximate surface area is 168 Å². The van der Waals surface area contributed by atoms with E-state index in [-0.39, 0.29) is 0 Å². The van der Waals surface area contributed by atoms with Crippen molar-refractivity contribution in [3.05, 3.63) is 99.3 Å². The summed E-state index contributed by atoms with van der Waals surface area (Å²) in [6.07, 6.45) is 3.98. The molecule has 0 atom stereocenters. The number of halogens is 2. The highest BCUT2D eigenvalue weighted by molar-refractivity contribution is 6.35. The van der Waals surface area contributed by atoms with Gasteiger partial charge in [-0.3, -0.25) is 0 Å². The van der Waals surface area contributed by atoms with E-state index >= 15 is 0 Å². The van der Waals surface area contributed by atoms with Crippen LogP contribution in [0.15, 0.2) is 66.7 Å². The van der Waals surface area contributed by atoms with E-state index in [0.717, 1.165) is 29.0 Å². The number of benzene rings is 3. The summed E-state index contributed by atoms with van der Waals surface area (Å²) < 4.78 is 2.22. The summed E-state index contributed by atoms with van der Waals surface area (Å²) >= 11 is 12.3. The summed E-state index contributed by atoms with van der Waals surface area (Å²) in [5, 5.41) is 1.25. The molecule has 3 aromatic carbocycles. The SMILES string of the molecule is Cc1ccc(Cn2c(/C=C/c3ccc(Cl)cc3Cl)nc3ccccc32)cc1. The third kappa shape index (κ3) is 3.92. The van der Waals surface area contributed by atoms with Crippen molar-refractivity contribution in [1.29, 1.82) is 0 Å². The molecular weight excluding hydrogens is 375 g/mol. The molecule has 0 saturated heterocycles. The van der Waals surface area contributed by atoms with Gasteiger partial charge in [0, 0.05) is 16.6 Å². The molecule has 0 amide bonds. The predicted molar refractivity (Wildman–Crippen MR) is 115 cm³/mol. The molecule has 0 unspecified atom stereocenters. The fourth-order valence-corrected chi connectivity index (χ4v) is 3.54. The molecule has 4 rings (SSSR count). The fraction of sp³-hybridized carbons (Fsp3) is 0.0870. The Morgan fingerprint density at radius 2 is 1.70 bits per heavy atom. The highest BCUT2D eigenvalue weighted by Crippen LogP contribution is 2.24. The molecule has 134 valence electrons. The molecule has 2 nitrogen and oxygen atoms in total. The summed E-state index contributed by atoms with van der Waals surface area (Å²) in [4.78, 5) is 4.80. The van der Waals surface area contributed by atoms with Gasteiger partial charge in [-0.1, -0.05) is 71.2 Å². The second-order valence-electron chi connectivity index (χ2n) is 6.53. The van der Waals surface area contributed by atoms with Crippen LogP contribution in [0.25, 0.3) is 23.2 Å². The summed E-state index contributed by atoms with van der Waals surface area (Å²) in [7, 11) is 0. The second kappa shape index (κ2) is 7.59. The zero-order chi connectivity index (χ0) is 18.8. The maximum atomic E-state index is 6.30. The Hall–Kier alpha value is -2.55. The standard InChI is InChI=1S/C23H18Cl2N2/c1-16-6-8-17(9-7-16)15-27-22-5-3-2-4-21(22)26-23(27)13-11-18-10-12-19(24)14-20(18)25/h2-14H,15H2,1H3/b13-11+. The first-order valence-electron chi connectivity index (χ1n) is 8.74. The number of hydrogen-bond acceptors (Lipinski definition) is 1. The van der Waals surface area contributed by atoms with Gasteiger partial charge in [0.2, 0.25) is 0 Å². The van der Waals surface area contributed by atoms with E-state index in [4.69, 9.17) is 28.2 Å². The van der Waals surface area contributed by atoms with Crippen molar-refractivity contribution < 1.29 is 0 Å². The molecule has 4 aromatic rings. The molecule has 0 spiro atoms. The molecule has 1 heterocycles. The van der Waals surface area contributed by atoms with Crippen molar-refractivity contribution in [3.63, 3.8) is 0 Å². The first-order chi connectivity index (χ1) is 13.1. The monoisotopic (exact) mass is 392 g/mol. The number of hydrogen-bond donors (Lipinski definition) is 0. The van der Waals surface area contributed by atoms with Crippen LogP contribution in [0.3, 0.4) is 0 Å². The third-order valence-electron chi connectivity index (χ3n) is 4.52. The van der Waals surface area contributed by atoms with Gasteiger partial charge in [-0.25, -0.2) is 4.98 Å². The van der Waals surface area contributed by atoms with Gasteiger partial charge < -0.3 is 4.57 Å². The molecule has 0 saturated carbocycles. The molecule has 0 aliphatic heterocycles. The lowest BCUT2D eigenvalue weighted by Gasteiger charge is -2.08. The number of imidazole rings is 1. The third-order valence-corrected chi connectivity index (χ3v) is 5.08. The van der Waals surface area contributed by atoms with Gasteiger partial charge in [-0.15, -0.1) is 0 Å². The summed E-state index contributed by atoms with van der Waals surface area (Å²) in [5.74, 6) is 0.891. The normalized spacial score (nSPS) is 11.5. The number of para-hydroxylation sites is 2. The number of nitrogens with zero attached hydrogens (tertiary/aromatic N) is 2. The molecule has 0 aliphatic rings. The molecule has 0 radical (unpaired) electrons. The van der Waals surface area contributed by atoms with Gasteiger partial charge in [0.05, 0.1) is 11.0 Å². The first-order valence-corrected chi connectivity index (χ1v) is 9.50. The Kier molecular flexibility index (Phi) is 5.02. The van der Waals surface area contributed by atoms with Gasteiger partial charge >= 0.3 is 0 Å². The summed E-state index contributed by atoms with van der Waals surface area (Å²) in [5.41, 5.74) is 5.50. The maximum Gasteiger partial charge on any atom is 0.134 e. The highest BCUT2D eigenvalue weighted by atomic mass is 35.5. The van der Waals surface area contributed by atoms with Gasteiger partial charge in [0.1, 0.15) is 5.82 Å². The lowest BCUT2D eigenvalue weighted by atomic mass is 10.1. The van der Waals surface area contributed by atoms with E-state index in [0.29, 0.717) is 10.0 Å². The average Bonchev–Trinajstić information content (AvgIpc) is 3.00. The van der Waals surface area contributed by atoms with Crippen LogP contribution < -0.4 is 0 Å². The molecule has 1 aromatic heterocycles. The fourth-order valence-electron chi connectivity index (χ4n) is 3.06. The van der Waals surface area contributed by atoms with Crippen molar-refractivity contribution in [3.8, 4) is 0 Å². The van der Waals surface area contributed by atoms with Crippen LogP contribution in [-0.4, -0.2) is 9.55 Å². The van der Waals surface area contributed by atoms with Gasteiger partial charge in [0.15, 0.2) is 0 Å². The van der Waals surface area contributed by atoms with E-state index in [1.165, 1.54) is 11.1 Å². The minimum absolute atomic E-state index is 0.625. The first kappa shape index (κ1) is 17.8. The Morgan fingerprint density at radius 3 is 2.48 bits per heavy atom. The van der Waals surface area contributed by atoms with E-state index in [9.17, 15) is 0 Å². The van der Waals surface area contributed by atoms with Crippen LogP contribution in [0.5, 0.6) is 0 Å². The predicted octanol–water partition coefficient (Wildman–Crippen LogP) is 6.87. The molecule has 0 bridgehead atoms. The summed E-state index contributed by atoms with van der Waals surface area (Å²) in [6.45, 7) is 2.86. The quantitative estimate of drug-likeness (QED) is 0.370. The van der Waals surface area contributed by atoms with E-state index < -0.39 is 0 Å². The largest absolute Gasteiger partial charge is 0.320 e. The molecule has 0 fully saturated rings. The molecule has 0 aliphatic carbocycles. The number of rotatable bonds is 4. The zero-order valence-electron chi connectivity index (χ0n) is 14.9. The van der Waals surface area contributed by atoms with E-state index in [2.05, 4.69) is 41.8 Å². The van der Waals surface area contributed by atoms with Crippen molar-refractivity contribution in [2.45, 2.75) is 13.5 Å². The van der Waals surface area contributed by atoms with Crippen LogP contribution in [0, 0.1) is 6.92 Å². The van der Waals surface area contributed by atoms with Gasteiger partial charge in [-0.05, 0) is 54.5 Å². The van der Waals surface area contributed by atoms with E-state index in [1.807, 2.05) is 42.5 Å². The Bertz CT molecular complexity index is 1130. The second-order valence-corrected chi connectivity index (χ2v) is 7.37. The molecule has 0 N–H and O–H groups in total. The lowest BCUT2D eigenvalue weighted by Crippen LogP contribution is -2.02. The van der Waals surface area contributed by atoms with Crippen LogP contribution >= 0.6 is 23.2 Å². The Balaban J connectivity index is 1.75. The number of fused-ring (bicyclic) bond motifs is 1. The average molecular weight is 393 g/mol. The van der Waals surface area contributed by atoms with Crippen molar-refractivity contribution in [1.82, 2.24) is 9.55 Å². The maximum absolute atomic E-state index is 6.30. The lowest BCUT2D eigenvalue weighted by molar-refractivity contribution is 0.813. The van der Waals surface area contributed by atoms with Crippen LogP contribution in [-0.2, 0) is 6.54 Å². The smallest absolute Gasteiger partial charge is 0.134 e.